The molecule has 0 aliphatic heterocycles. The second-order valence-corrected chi connectivity index (χ2v) is 6.61. The lowest BCUT2D eigenvalue weighted by Gasteiger charge is -2.21. The van der Waals surface area contributed by atoms with E-state index in [9.17, 15) is 4.79 Å². The average Bonchev–Trinajstić information content (AvgIpc) is 2.32. The second kappa shape index (κ2) is 7.44. The molecule has 0 aliphatic rings. The van der Waals surface area contributed by atoms with Gasteiger partial charge in [0.1, 0.15) is 0 Å². The summed E-state index contributed by atoms with van der Waals surface area (Å²) in [4.78, 5) is 11.7. The van der Waals surface area contributed by atoms with Crippen LogP contribution in [-0.2, 0) is 11.2 Å². The van der Waals surface area contributed by atoms with E-state index in [2.05, 4.69) is 48.7 Å². The van der Waals surface area contributed by atoms with Crippen LogP contribution in [-0.4, -0.2) is 24.0 Å². The average molecular weight is 276 g/mol. The molecule has 0 saturated heterocycles. The number of aryl methyl sites for hydroxylation is 2. The van der Waals surface area contributed by atoms with E-state index in [1.54, 1.807) is 0 Å². The number of hydrogen-bond donors (Lipinski definition) is 2. The molecule has 1 rings (SSSR count). The first-order chi connectivity index (χ1) is 9.26. The summed E-state index contributed by atoms with van der Waals surface area (Å²) >= 11 is 0. The monoisotopic (exact) mass is 276 g/mol. The minimum absolute atomic E-state index is 0.0555. The predicted molar refractivity (Wildman–Crippen MR) is 84.9 cm³/mol. The predicted octanol–water partition coefficient (Wildman–Crippen LogP) is 2.82. The summed E-state index contributed by atoms with van der Waals surface area (Å²) in [6, 6.07) is 8.92. The van der Waals surface area contributed by atoms with Gasteiger partial charge in [0.2, 0.25) is 5.91 Å². The maximum atomic E-state index is 11.7. The normalized spacial score (nSPS) is 13.1. The van der Waals surface area contributed by atoms with Crippen LogP contribution in [0.4, 0.5) is 0 Å². The summed E-state index contributed by atoms with van der Waals surface area (Å²) in [6.07, 6.45) is 2.07. The molecule has 3 heteroatoms. The van der Waals surface area contributed by atoms with Gasteiger partial charge in [0.05, 0.1) is 6.54 Å². The Morgan fingerprint density at radius 1 is 1.30 bits per heavy atom. The Kier molecular flexibility index (Phi) is 6.21. The van der Waals surface area contributed by atoms with Crippen LogP contribution in [0, 0.1) is 6.92 Å². The molecule has 3 nitrogen and oxygen atoms in total. The molecule has 0 saturated carbocycles. The summed E-state index contributed by atoms with van der Waals surface area (Å²) in [7, 11) is 0. The number of nitrogens with one attached hydrogen (secondary N) is 2. The van der Waals surface area contributed by atoms with Gasteiger partial charge in [0.25, 0.3) is 0 Å². The van der Waals surface area contributed by atoms with E-state index in [-0.39, 0.29) is 11.4 Å². The smallest absolute Gasteiger partial charge is 0.234 e. The van der Waals surface area contributed by atoms with Gasteiger partial charge >= 0.3 is 0 Å². The van der Waals surface area contributed by atoms with E-state index in [1.807, 2.05) is 20.8 Å². The van der Waals surface area contributed by atoms with Crippen molar-refractivity contribution >= 4 is 5.91 Å². The van der Waals surface area contributed by atoms with E-state index in [4.69, 9.17) is 0 Å². The van der Waals surface area contributed by atoms with Crippen molar-refractivity contribution in [3.63, 3.8) is 0 Å². The Labute approximate surface area is 123 Å². The van der Waals surface area contributed by atoms with E-state index in [1.165, 1.54) is 11.1 Å². The molecule has 0 aliphatic carbocycles. The molecule has 0 bridgehead atoms. The minimum Gasteiger partial charge on any atom is -0.350 e. The molecular formula is C17H28N2O. The zero-order valence-corrected chi connectivity index (χ0v) is 13.4. The lowest BCUT2D eigenvalue weighted by atomic mass is 10.0. The fourth-order valence-corrected chi connectivity index (χ4v) is 2.08. The minimum atomic E-state index is -0.163. The Balaban J connectivity index is 2.27. The molecule has 2 N–H and O–H groups in total. The Morgan fingerprint density at radius 2 is 2.00 bits per heavy atom. The number of hydrogen-bond acceptors (Lipinski definition) is 2. The lowest BCUT2D eigenvalue weighted by Crippen LogP contribution is -2.46. The third-order valence-corrected chi connectivity index (χ3v) is 3.07. The maximum Gasteiger partial charge on any atom is 0.234 e. The summed E-state index contributed by atoms with van der Waals surface area (Å²) in [5.74, 6) is 0.0555. The number of rotatable bonds is 6. The van der Waals surface area contributed by atoms with E-state index >= 15 is 0 Å². The fraction of sp³-hybridized carbons (Fsp3) is 0.588. The van der Waals surface area contributed by atoms with Crippen LogP contribution in [0.25, 0.3) is 0 Å². The van der Waals surface area contributed by atoms with Crippen molar-refractivity contribution < 1.29 is 4.79 Å². The van der Waals surface area contributed by atoms with Gasteiger partial charge in [-0.1, -0.05) is 29.8 Å². The van der Waals surface area contributed by atoms with Crippen LogP contribution in [0.1, 0.15) is 45.2 Å². The molecule has 1 amide bonds. The van der Waals surface area contributed by atoms with E-state index in [0.29, 0.717) is 12.6 Å². The summed E-state index contributed by atoms with van der Waals surface area (Å²) in [5.41, 5.74) is 2.49. The van der Waals surface area contributed by atoms with Gasteiger partial charge in [-0.25, -0.2) is 0 Å². The van der Waals surface area contributed by atoms with Crippen LogP contribution < -0.4 is 10.6 Å². The SMILES string of the molecule is Cc1cccc(CCC(C)NCC(=O)NC(C)(C)C)c1. The molecule has 20 heavy (non-hydrogen) atoms. The van der Waals surface area contributed by atoms with Crippen LogP contribution in [0.2, 0.25) is 0 Å². The van der Waals surface area contributed by atoms with E-state index < -0.39 is 0 Å². The third kappa shape index (κ3) is 7.29. The van der Waals surface area contributed by atoms with Gasteiger partial charge in [0, 0.05) is 11.6 Å². The van der Waals surface area contributed by atoms with Crippen molar-refractivity contribution in [2.24, 2.45) is 0 Å². The van der Waals surface area contributed by atoms with Gasteiger partial charge < -0.3 is 10.6 Å². The highest BCUT2D eigenvalue weighted by Crippen LogP contribution is 2.08. The standard InChI is InChI=1S/C17H28N2O/c1-13-7-6-8-15(11-13)10-9-14(2)18-12-16(20)19-17(3,4)5/h6-8,11,14,18H,9-10,12H2,1-5H3,(H,19,20). The highest BCUT2D eigenvalue weighted by molar-refractivity contribution is 5.78. The molecular weight excluding hydrogens is 248 g/mol. The molecule has 0 heterocycles. The summed E-state index contributed by atoms with van der Waals surface area (Å²) in [6.45, 7) is 10.6. The molecule has 1 aromatic rings. The first kappa shape index (κ1) is 16.7. The Morgan fingerprint density at radius 3 is 2.60 bits per heavy atom. The molecule has 1 aromatic carbocycles. The fourth-order valence-electron chi connectivity index (χ4n) is 2.08. The van der Waals surface area contributed by atoms with Gasteiger partial charge in [-0.15, -0.1) is 0 Å². The largest absolute Gasteiger partial charge is 0.350 e. The van der Waals surface area contributed by atoms with Crippen molar-refractivity contribution in [3.8, 4) is 0 Å². The highest BCUT2D eigenvalue weighted by atomic mass is 16.2. The Hall–Kier alpha value is -1.35. The molecule has 1 unspecified atom stereocenters. The number of carbonyl (C=O) groups excluding carboxylic acids is 1. The van der Waals surface area contributed by atoms with Crippen LogP contribution >= 0.6 is 0 Å². The zero-order valence-electron chi connectivity index (χ0n) is 13.4. The van der Waals surface area contributed by atoms with E-state index in [0.717, 1.165) is 12.8 Å². The highest BCUT2D eigenvalue weighted by Gasteiger charge is 2.13. The third-order valence-electron chi connectivity index (χ3n) is 3.07. The first-order valence-electron chi connectivity index (χ1n) is 7.36. The molecule has 0 fully saturated rings. The lowest BCUT2D eigenvalue weighted by molar-refractivity contribution is -0.121. The molecule has 1 atom stereocenters. The van der Waals surface area contributed by atoms with Crippen molar-refractivity contribution in [2.45, 2.75) is 59.0 Å². The Bertz CT molecular complexity index is 435. The van der Waals surface area contributed by atoms with Gasteiger partial charge in [-0.05, 0) is 53.0 Å². The van der Waals surface area contributed by atoms with Gasteiger partial charge in [-0.2, -0.15) is 0 Å². The van der Waals surface area contributed by atoms with Crippen molar-refractivity contribution in [3.05, 3.63) is 35.4 Å². The molecule has 0 radical (unpaired) electrons. The van der Waals surface area contributed by atoms with Crippen LogP contribution in [0.15, 0.2) is 24.3 Å². The molecule has 112 valence electrons. The number of amides is 1. The van der Waals surface area contributed by atoms with Crippen molar-refractivity contribution in [2.75, 3.05) is 6.54 Å². The number of carbonyl (C=O) groups is 1. The second-order valence-electron chi connectivity index (χ2n) is 6.61. The number of benzene rings is 1. The van der Waals surface area contributed by atoms with Crippen molar-refractivity contribution in [1.82, 2.24) is 10.6 Å². The van der Waals surface area contributed by atoms with Gasteiger partial charge in [-0.3, -0.25) is 4.79 Å². The first-order valence-corrected chi connectivity index (χ1v) is 7.36. The van der Waals surface area contributed by atoms with Crippen LogP contribution in [0.5, 0.6) is 0 Å². The summed E-state index contributed by atoms with van der Waals surface area (Å²) in [5, 5.41) is 6.23. The van der Waals surface area contributed by atoms with Gasteiger partial charge in [0.15, 0.2) is 0 Å². The van der Waals surface area contributed by atoms with Crippen molar-refractivity contribution in [1.29, 1.82) is 0 Å². The molecule has 0 spiro atoms. The topological polar surface area (TPSA) is 41.1 Å². The zero-order chi connectivity index (χ0) is 15.2. The summed E-state index contributed by atoms with van der Waals surface area (Å²) < 4.78 is 0. The molecule has 0 aromatic heterocycles. The van der Waals surface area contributed by atoms with Crippen LogP contribution in [0.3, 0.4) is 0 Å². The maximum absolute atomic E-state index is 11.7. The quantitative estimate of drug-likeness (QED) is 0.839.